The van der Waals surface area contributed by atoms with E-state index < -0.39 is 12.1 Å². The van der Waals surface area contributed by atoms with Crippen molar-refractivity contribution in [3.8, 4) is 0 Å². The summed E-state index contributed by atoms with van der Waals surface area (Å²) in [5, 5.41) is 6.63. The highest BCUT2D eigenvalue weighted by Gasteiger charge is 2.30. The molecule has 0 aliphatic carbocycles. The average molecular weight is 347 g/mol. The quantitative estimate of drug-likeness (QED) is 0.748. The van der Waals surface area contributed by atoms with Crippen molar-refractivity contribution in [1.29, 1.82) is 0 Å². The first-order valence-electron chi connectivity index (χ1n) is 7.56. The number of carbonyl (C=O) groups excluding carboxylic acids is 3. The molecule has 0 saturated carbocycles. The van der Waals surface area contributed by atoms with E-state index in [1.165, 1.54) is 0 Å². The molecule has 1 atom stereocenters. The van der Waals surface area contributed by atoms with E-state index in [1.54, 1.807) is 28.6 Å². The van der Waals surface area contributed by atoms with Crippen LogP contribution in [-0.4, -0.2) is 28.8 Å². The smallest absolute Gasteiger partial charge is 0.322 e. The Hall–Kier alpha value is -2.61. The topological polar surface area (TPSA) is 91.7 Å². The van der Waals surface area contributed by atoms with Gasteiger partial charge in [-0.15, -0.1) is 11.3 Å². The Morgan fingerprint density at radius 3 is 2.75 bits per heavy atom. The van der Waals surface area contributed by atoms with Crippen LogP contribution in [0.3, 0.4) is 0 Å². The van der Waals surface area contributed by atoms with Crippen molar-refractivity contribution >= 4 is 29.2 Å². The molecule has 0 spiro atoms. The minimum Gasteiger partial charge on any atom is -0.467 e. The fourth-order valence-corrected chi connectivity index (χ4v) is 3.22. The average Bonchev–Trinajstić information content (AvgIpc) is 3.28. The number of furan rings is 1. The molecule has 2 N–H and O–H groups in total. The first-order chi connectivity index (χ1) is 11.6. The summed E-state index contributed by atoms with van der Waals surface area (Å²) in [5.41, 5.74) is 0. The van der Waals surface area contributed by atoms with Gasteiger partial charge in [0.2, 0.25) is 5.91 Å². The van der Waals surface area contributed by atoms with E-state index in [0.717, 1.165) is 4.88 Å². The van der Waals surface area contributed by atoms with Crippen molar-refractivity contribution in [2.45, 2.75) is 32.0 Å². The number of rotatable bonds is 7. The molecule has 4 amide bonds. The van der Waals surface area contributed by atoms with Crippen LogP contribution in [0.25, 0.3) is 0 Å². The summed E-state index contributed by atoms with van der Waals surface area (Å²) in [5.74, 6) is 0.226. The van der Waals surface area contributed by atoms with Crippen LogP contribution in [-0.2, 0) is 22.7 Å². The van der Waals surface area contributed by atoms with Crippen LogP contribution in [0.15, 0.2) is 40.3 Å². The van der Waals surface area contributed by atoms with Gasteiger partial charge in [0.1, 0.15) is 11.8 Å². The number of hydrogen-bond donors (Lipinski definition) is 2. The van der Waals surface area contributed by atoms with E-state index in [0.29, 0.717) is 18.8 Å². The monoisotopic (exact) mass is 347 g/mol. The first kappa shape index (κ1) is 16.3. The van der Waals surface area contributed by atoms with Gasteiger partial charge in [-0.1, -0.05) is 6.07 Å². The third-order valence-corrected chi connectivity index (χ3v) is 4.57. The highest BCUT2D eigenvalue weighted by molar-refractivity contribution is 7.09. The summed E-state index contributed by atoms with van der Waals surface area (Å²) in [6.45, 7) is 0.855. The molecular weight excluding hydrogens is 330 g/mol. The van der Waals surface area contributed by atoms with Crippen molar-refractivity contribution < 1.29 is 18.8 Å². The lowest BCUT2D eigenvalue weighted by molar-refractivity contribution is -0.133. The van der Waals surface area contributed by atoms with Gasteiger partial charge in [-0.3, -0.25) is 14.9 Å². The number of thiophene rings is 1. The molecule has 0 bridgehead atoms. The van der Waals surface area contributed by atoms with Crippen molar-refractivity contribution in [3.63, 3.8) is 0 Å². The summed E-state index contributed by atoms with van der Waals surface area (Å²) < 4.78 is 5.33. The van der Waals surface area contributed by atoms with Crippen LogP contribution in [0.5, 0.6) is 0 Å². The second-order valence-electron chi connectivity index (χ2n) is 5.46. The van der Waals surface area contributed by atoms with E-state index in [9.17, 15) is 14.4 Å². The molecule has 24 heavy (non-hydrogen) atoms. The van der Waals surface area contributed by atoms with Gasteiger partial charge in [0.05, 0.1) is 19.4 Å². The maximum Gasteiger partial charge on any atom is 0.322 e. The second kappa shape index (κ2) is 7.31. The van der Waals surface area contributed by atoms with Crippen molar-refractivity contribution in [3.05, 3.63) is 46.5 Å². The van der Waals surface area contributed by atoms with Crippen LogP contribution >= 0.6 is 11.3 Å². The summed E-state index contributed by atoms with van der Waals surface area (Å²) in [7, 11) is 0. The maximum atomic E-state index is 12.6. The van der Waals surface area contributed by atoms with Crippen molar-refractivity contribution in [2.24, 2.45) is 0 Å². The third kappa shape index (κ3) is 4.02. The Morgan fingerprint density at radius 1 is 1.25 bits per heavy atom. The molecule has 0 unspecified atom stereocenters. The zero-order valence-corrected chi connectivity index (χ0v) is 13.7. The highest BCUT2D eigenvalue weighted by atomic mass is 32.1. The Labute approximate surface area is 142 Å². The number of amides is 4. The Bertz CT molecular complexity index is 676. The number of hydrogen-bond acceptors (Lipinski definition) is 5. The van der Waals surface area contributed by atoms with Gasteiger partial charge in [-0.2, -0.15) is 0 Å². The molecule has 1 fully saturated rings. The van der Waals surface area contributed by atoms with Gasteiger partial charge in [0.25, 0.3) is 5.91 Å². The molecule has 2 aromatic rings. The van der Waals surface area contributed by atoms with Crippen molar-refractivity contribution in [2.75, 3.05) is 0 Å². The van der Waals surface area contributed by atoms with E-state index in [1.807, 2.05) is 23.6 Å². The predicted molar refractivity (Wildman–Crippen MR) is 87.0 cm³/mol. The first-order valence-corrected chi connectivity index (χ1v) is 8.43. The summed E-state index contributed by atoms with van der Waals surface area (Å²) in [4.78, 5) is 38.0. The molecule has 3 heterocycles. The molecule has 8 heteroatoms. The molecular formula is C16H17N3O4S. The third-order valence-electron chi connectivity index (χ3n) is 3.71. The van der Waals surface area contributed by atoms with Gasteiger partial charge >= 0.3 is 6.03 Å². The molecule has 1 aliphatic rings. The minimum atomic E-state index is -0.645. The van der Waals surface area contributed by atoms with E-state index in [4.69, 9.17) is 4.42 Å². The second-order valence-corrected chi connectivity index (χ2v) is 6.49. The Morgan fingerprint density at radius 2 is 2.12 bits per heavy atom. The Kier molecular flexibility index (Phi) is 4.95. The van der Waals surface area contributed by atoms with Crippen LogP contribution in [0.4, 0.5) is 4.79 Å². The summed E-state index contributed by atoms with van der Waals surface area (Å²) in [6.07, 6.45) is 2.02. The molecule has 2 aromatic heterocycles. The molecule has 7 nitrogen and oxygen atoms in total. The number of nitrogens with one attached hydrogen (secondary N) is 2. The van der Waals surface area contributed by atoms with Gasteiger partial charge in [-0.05, 0) is 30.0 Å². The number of urea groups is 1. The number of carbonyl (C=O) groups is 3. The van der Waals surface area contributed by atoms with Crippen molar-refractivity contribution in [1.82, 2.24) is 15.5 Å². The molecule has 0 radical (unpaired) electrons. The lowest BCUT2D eigenvalue weighted by Crippen LogP contribution is -2.33. The van der Waals surface area contributed by atoms with Crippen LogP contribution in [0, 0.1) is 0 Å². The molecule has 0 aromatic carbocycles. The molecule has 3 rings (SSSR count). The predicted octanol–water partition coefficient (Wildman–Crippen LogP) is 1.86. The standard InChI is InChI=1S/C16H17N3O4S/c20-14(6-5-13-15(21)18-16(22)17-13)19(9-11-3-1-7-23-11)10-12-4-2-8-24-12/h1-4,7-8,13H,5-6,9-10H2,(H2,17,18,21,22)/t13-/m0/s1. The van der Waals surface area contributed by atoms with Gasteiger partial charge in [0.15, 0.2) is 0 Å². The zero-order valence-electron chi connectivity index (χ0n) is 12.9. The summed E-state index contributed by atoms with van der Waals surface area (Å²) >= 11 is 1.58. The number of imide groups is 1. The fraction of sp³-hybridized carbons (Fsp3) is 0.312. The highest BCUT2D eigenvalue weighted by Crippen LogP contribution is 2.17. The van der Waals surface area contributed by atoms with E-state index in [2.05, 4.69) is 10.6 Å². The fourth-order valence-electron chi connectivity index (χ4n) is 2.50. The molecule has 1 aliphatic heterocycles. The van der Waals surface area contributed by atoms with E-state index >= 15 is 0 Å². The lowest BCUT2D eigenvalue weighted by atomic mass is 10.1. The van der Waals surface area contributed by atoms with Gasteiger partial charge in [0, 0.05) is 11.3 Å². The normalized spacial score (nSPS) is 16.8. The van der Waals surface area contributed by atoms with E-state index in [-0.39, 0.29) is 24.7 Å². The number of nitrogens with zero attached hydrogens (tertiary/aromatic N) is 1. The SMILES string of the molecule is O=C1NC(=O)[C@H](CCC(=O)N(Cc2ccco2)Cc2cccs2)N1. The molecule has 126 valence electrons. The molecule has 1 saturated heterocycles. The zero-order chi connectivity index (χ0) is 16.9. The van der Waals surface area contributed by atoms with Crippen LogP contribution in [0.1, 0.15) is 23.5 Å². The maximum absolute atomic E-state index is 12.6. The Balaban J connectivity index is 1.61. The largest absolute Gasteiger partial charge is 0.467 e. The van der Waals surface area contributed by atoms with Gasteiger partial charge in [-0.25, -0.2) is 4.79 Å². The van der Waals surface area contributed by atoms with Crippen LogP contribution in [0.2, 0.25) is 0 Å². The van der Waals surface area contributed by atoms with Gasteiger partial charge < -0.3 is 14.6 Å². The minimum absolute atomic E-state index is 0.0891. The summed E-state index contributed by atoms with van der Waals surface area (Å²) in [6, 6.07) is 6.35. The van der Waals surface area contributed by atoms with Crippen LogP contribution < -0.4 is 10.6 Å². The lowest BCUT2D eigenvalue weighted by Gasteiger charge is -2.21.